The van der Waals surface area contributed by atoms with E-state index in [1.807, 2.05) is 0 Å². The molecule has 4 amide bonds. The van der Waals surface area contributed by atoms with E-state index in [4.69, 9.17) is 11.6 Å². The van der Waals surface area contributed by atoms with Crippen molar-refractivity contribution in [2.45, 2.75) is 44.8 Å². The lowest BCUT2D eigenvalue weighted by Gasteiger charge is -2.23. The number of alkyl halides is 2. The molecule has 7 nitrogen and oxygen atoms in total. The molecule has 0 spiro atoms. The lowest BCUT2D eigenvalue weighted by atomic mass is 10.1. The van der Waals surface area contributed by atoms with Gasteiger partial charge in [0.15, 0.2) is 0 Å². The normalized spacial score (nSPS) is 13.9. The topological polar surface area (TPSA) is 95.6 Å². The second-order valence-corrected chi connectivity index (χ2v) is 8.20. The van der Waals surface area contributed by atoms with E-state index in [0.29, 0.717) is 36.1 Å². The van der Waals surface area contributed by atoms with E-state index in [1.165, 1.54) is 12.1 Å². The smallest absolute Gasteiger partial charge is 0.346 e. The van der Waals surface area contributed by atoms with Gasteiger partial charge in [0.05, 0.1) is 0 Å². The minimum atomic E-state index is -3.72. The Morgan fingerprint density at radius 3 is 2.58 bits per heavy atom. The second kappa shape index (κ2) is 10.1. The molecule has 10 heteroatoms. The monoisotopic (exact) mass is 477 g/mol. The summed E-state index contributed by atoms with van der Waals surface area (Å²) >= 11 is 5.71. The molecule has 2 N–H and O–H groups in total. The lowest BCUT2D eigenvalue weighted by molar-refractivity contribution is -0.147. The average Bonchev–Trinajstić information content (AvgIpc) is 3.12. The van der Waals surface area contributed by atoms with Crippen molar-refractivity contribution in [2.75, 3.05) is 0 Å². The third-order valence-electron chi connectivity index (χ3n) is 5.49. The van der Waals surface area contributed by atoms with Crippen LogP contribution >= 0.6 is 11.6 Å². The van der Waals surface area contributed by atoms with Crippen molar-refractivity contribution in [3.63, 3.8) is 0 Å². The van der Waals surface area contributed by atoms with Crippen molar-refractivity contribution in [2.24, 2.45) is 0 Å². The van der Waals surface area contributed by atoms with Gasteiger partial charge in [-0.2, -0.15) is 8.78 Å². The molecule has 0 aliphatic carbocycles. The van der Waals surface area contributed by atoms with Crippen LogP contribution in [0.15, 0.2) is 42.5 Å². The Bertz CT molecular complexity index is 1080. The average molecular weight is 478 g/mol. The number of hydrogen-bond acceptors (Lipinski definition) is 4. The SMILES string of the molecule is CC(CCC(=O)NC=O)N1Cc2cc(CNC(=O)C(F)(F)c3ccc(Cl)cc3)ccc2C1=O. The number of halogens is 3. The zero-order chi connectivity index (χ0) is 24.2. The molecule has 33 heavy (non-hydrogen) atoms. The molecule has 1 heterocycles. The first-order chi connectivity index (χ1) is 15.6. The van der Waals surface area contributed by atoms with Crippen molar-refractivity contribution < 1.29 is 28.0 Å². The van der Waals surface area contributed by atoms with Gasteiger partial charge >= 0.3 is 5.92 Å². The number of hydrogen-bond donors (Lipinski definition) is 2. The van der Waals surface area contributed by atoms with E-state index >= 15 is 0 Å². The van der Waals surface area contributed by atoms with Crippen molar-refractivity contribution in [3.8, 4) is 0 Å². The standard InChI is InChI=1S/C23H22ClF2N3O4/c1-14(2-9-20(31)28-13-30)29-12-16-10-15(3-8-19(16)21(29)32)11-27-22(33)23(25,26)17-4-6-18(24)7-5-17/h3-8,10,13-14H,2,9,11-12H2,1H3,(H,27,33)(H,28,30,31). The molecule has 0 saturated carbocycles. The van der Waals surface area contributed by atoms with Crippen LogP contribution in [0.4, 0.5) is 8.78 Å². The van der Waals surface area contributed by atoms with Gasteiger partial charge in [-0.3, -0.25) is 24.5 Å². The van der Waals surface area contributed by atoms with Gasteiger partial charge in [-0.05, 0) is 42.7 Å². The van der Waals surface area contributed by atoms with E-state index in [-0.39, 0.29) is 29.9 Å². The number of rotatable bonds is 9. The zero-order valence-electron chi connectivity index (χ0n) is 17.7. The molecular weight excluding hydrogens is 456 g/mol. The van der Waals surface area contributed by atoms with E-state index in [9.17, 15) is 28.0 Å². The lowest BCUT2D eigenvalue weighted by Crippen LogP contribution is -2.37. The summed E-state index contributed by atoms with van der Waals surface area (Å²) in [4.78, 5) is 48.2. The highest BCUT2D eigenvalue weighted by Crippen LogP contribution is 2.30. The summed E-state index contributed by atoms with van der Waals surface area (Å²) in [5, 5.41) is 4.58. The van der Waals surface area contributed by atoms with Gasteiger partial charge in [0.2, 0.25) is 12.3 Å². The maximum absolute atomic E-state index is 14.4. The Morgan fingerprint density at radius 2 is 1.91 bits per heavy atom. The van der Waals surface area contributed by atoms with E-state index in [0.717, 1.165) is 12.1 Å². The van der Waals surface area contributed by atoms with Crippen LogP contribution in [-0.4, -0.2) is 35.1 Å². The number of imide groups is 1. The minimum absolute atomic E-state index is 0.0964. The highest BCUT2D eigenvalue weighted by atomic mass is 35.5. The summed E-state index contributed by atoms with van der Waals surface area (Å²) in [5.41, 5.74) is 1.30. The van der Waals surface area contributed by atoms with E-state index in [2.05, 4.69) is 10.6 Å². The van der Waals surface area contributed by atoms with Crippen molar-refractivity contribution in [1.82, 2.24) is 15.5 Å². The maximum atomic E-state index is 14.4. The van der Waals surface area contributed by atoms with Crippen LogP contribution in [0.25, 0.3) is 0 Å². The minimum Gasteiger partial charge on any atom is -0.346 e. The number of nitrogens with one attached hydrogen (secondary N) is 2. The van der Waals surface area contributed by atoms with Crippen LogP contribution in [0.5, 0.6) is 0 Å². The van der Waals surface area contributed by atoms with Gasteiger partial charge in [-0.15, -0.1) is 0 Å². The largest absolute Gasteiger partial charge is 0.349 e. The molecular formula is C23H22ClF2N3O4. The summed E-state index contributed by atoms with van der Waals surface area (Å²) < 4.78 is 28.8. The number of nitrogens with zero attached hydrogens (tertiary/aromatic N) is 1. The van der Waals surface area contributed by atoms with Crippen LogP contribution in [0.1, 0.15) is 46.8 Å². The molecule has 0 saturated heterocycles. The number of carbonyl (C=O) groups is 4. The first-order valence-corrected chi connectivity index (χ1v) is 10.6. The highest BCUT2D eigenvalue weighted by Gasteiger charge is 2.40. The first-order valence-electron chi connectivity index (χ1n) is 10.2. The fourth-order valence-corrected chi connectivity index (χ4v) is 3.71. The van der Waals surface area contributed by atoms with Crippen molar-refractivity contribution >= 4 is 35.7 Å². The van der Waals surface area contributed by atoms with Gasteiger partial charge in [0, 0.05) is 41.7 Å². The summed E-state index contributed by atoms with van der Waals surface area (Å²) in [6.45, 7) is 1.97. The van der Waals surface area contributed by atoms with Gasteiger partial charge in [-0.25, -0.2) is 0 Å². The second-order valence-electron chi connectivity index (χ2n) is 7.76. The van der Waals surface area contributed by atoms with Crippen LogP contribution in [0.3, 0.4) is 0 Å². The first kappa shape index (κ1) is 24.3. The molecule has 3 rings (SSSR count). The number of amides is 4. The summed E-state index contributed by atoms with van der Waals surface area (Å²) in [6.07, 6.45) is 0.788. The predicted octanol–water partition coefficient (Wildman–Crippen LogP) is 3.15. The molecule has 1 aliphatic rings. The molecule has 2 aromatic rings. The van der Waals surface area contributed by atoms with Gasteiger partial charge in [-0.1, -0.05) is 35.9 Å². The van der Waals surface area contributed by atoms with E-state index in [1.54, 1.807) is 30.0 Å². The van der Waals surface area contributed by atoms with Crippen molar-refractivity contribution in [3.05, 3.63) is 69.7 Å². The summed E-state index contributed by atoms with van der Waals surface area (Å²) in [5.74, 6) is -5.78. The molecule has 2 aromatic carbocycles. The number of fused-ring (bicyclic) bond motifs is 1. The molecule has 1 aliphatic heterocycles. The number of benzene rings is 2. The maximum Gasteiger partial charge on any atom is 0.349 e. The third kappa shape index (κ3) is 5.54. The molecule has 0 radical (unpaired) electrons. The third-order valence-corrected chi connectivity index (χ3v) is 5.74. The van der Waals surface area contributed by atoms with Crippen LogP contribution < -0.4 is 10.6 Å². The van der Waals surface area contributed by atoms with Crippen LogP contribution in [-0.2, 0) is 33.4 Å². The molecule has 1 unspecified atom stereocenters. The van der Waals surface area contributed by atoms with Crippen molar-refractivity contribution in [1.29, 1.82) is 0 Å². The quantitative estimate of drug-likeness (QED) is 0.542. The molecule has 1 atom stereocenters. The zero-order valence-corrected chi connectivity index (χ0v) is 18.5. The molecule has 0 bridgehead atoms. The molecule has 0 fully saturated rings. The fourth-order valence-electron chi connectivity index (χ4n) is 3.58. The van der Waals surface area contributed by atoms with Crippen LogP contribution in [0, 0.1) is 0 Å². The molecule has 0 aromatic heterocycles. The summed E-state index contributed by atoms with van der Waals surface area (Å²) in [7, 11) is 0. The van der Waals surface area contributed by atoms with Gasteiger partial charge in [0.1, 0.15) is 0 Å². The molecule has 174 valence electrons. The predicted molar refractivity (Wildman–Crippen MR) is 116 cm³/mol. The van der Waals surface area contributed by atoms with Crippen LogP contribution in [0.2, 0.25) is 5.02 Å². The fraction of sp³-hybridized carbons (Fsp3) is 0.304. The van der Waals surface area contributed by atoms with Gasteiger partial charge < -0.3 is 10.2 Å². The van der Waals surface area contributed by atoms with E-state index < -0.39 is 23.3 Å². The Hall–Kier alpha value is -3.33. The Labute approximate surface area is 194 Å². The Balaban J connectivity index is 1.61. The Kier molecular flexibility index (Phi) is 7.43. The number of carbonyl (C=O) groups excluding carboxylic acids is 4. The highest BCUT2D eigenvalue weighted by molar-refractivity contribution is 6.30. The van der Waals surface area contributed by atoms with Gasteiger partial charge in [0.25, 0.3) is 11.8 Å². The Morgan fingerprint density at radius 1 is 1.21 bits per heavy atom. The summed E-state index contributed by atoms with van der Waals surface area (Å²) in [6, 6.07) is 9.42.